The van der Waals surface area contributed by atoms with Crippen molar-refractivity contribution in [1.82, 2.24) is 14.9 Å². The summed E-state index contributed by atoms with van der Waals surface area (Å²) in [6.45, 7) is 3.82. The molecule has 1 saturated heterocycles. The van der Waals surface area contributed by atoms with Crippen LogP contribution in [0.25, 0.3) is 0 Å². The van der Waals surface area contributed by atoms with Crippen LogP contribution in [0.4, 0.5) is 5.82 Å². The van der Waals surface area contributed by atoms with Crippen molar-refractivity contribution in [2.45, 2.75) is 38.8 Å². The maximum atomic E-state index is 12.2. The van der Waals surface area contributed by atoms with Gasteiger partial charge in [0.2, 0.25) is 5.91 Å². The first kappa shape index (κ1) is 13.9. The van der Waals surface area contributed by atoms with E-state index in [-0.39, 0.29) is 24.3 Å². The molecular formula is C12H15BrN4O2. The molecule has 102 valence electrons. The van der Waals surface area contributed by atoms with E-state index in [0.717, 1.165) is 6.42 Å². The van der Waals surface area contributed by atoms with Crippen LogP contribution >= 0.6 is 15.9 Å². The Morgan fingerprint density at radius 3 is 2.79 bits per heavy atom. The first-order chi connectivity index (χ1) is 9.02. The van der Waals surface area contributed by atoms with E-state index in [2.05, 4.69) is 31.2 Å². The second-order valence-corrected chi connectivity index (χ2v) is 5.30. The van der Waals surface area contributed by atoms with Gasteiger partial charge in [-0.2, -0.15) is 0 Å². The fourth-order valence-electron chi connectivity index (χ4n) is 1.97. The number of aromatic nitrogens is 2. The Hall–Kier alpha value is -1.50. The van der Waals surface area contributed by atoms with Crippen LogP contribution in [0.2, 0.25) is 0 Å². The Balaban J connectivity index is 2.09. The molecule has 1 aromatic heterocycles. The lowest BCUT2D eigenvalue weighted by Gasteiger charge is -2.21. The standard InChI is InChI=1S/C12H15BrN4O2/c1-3-7(2)17-11(18)4-8(12(17)19)16-10-6-14-9(13)5-15-10/h5-8H,3-4H2,1-2H3,(H,15,16). The highest BCUT2D eigenvalue weighted by atomic mass is 79.9. The van der Waals surface area contributed by atoms with Crippen molar-refractivity contribution in [2.24, 2.45) is 0 Å². The molecule has 1 fully saturated rings. The normalized spacial score (nSPS) is 20.8. The molecule has 1 aliphatic rings. The second kappa shape index (κ2) is 5.64. The monoisotopic (exact) mass is 326 g/mol. The number of nitrogens with zero attached hydrogens (tertiary/aromatic N) is 3. The van der Waals surface area contributed by atoms with E-state index in [1.807, 2.05) is 13.8 Å². The molecule has 2 heterocycles. The second-order valence-electron chi connectivity index (χ2n) is 4.48. The van der Waals surface area contributed by atoms with Gasteiger partial charge < -0.3 is 5.32 Å². The smallest absolute Gasteiger partial charge is 0.252 e. The van der Waals surface area contributed by atoms with Crippen molar-refractivity contribution in [3.63, 3.8) is 0 Å². The Morgan fingerprint density at radius 1 is 1.47 bits per heavy atom. The van der Waals surface area contributed by atoms with Crippen LogP contribution < -0.4 is 5.32 Å². The summed E-state index contributed by atoms with van der Waals surface area (Å²) in [6, 6.07) is -0.611. The molecule has 0 saturated carbocycles. The molecule has 2 atom stereocenters. The van der Waals surface area contributed by atoms with Gasteiger partial charge in [0.25, 0.3) is 5.91 Å². The molecule has 1 aromatic rings. The fourth-order valence-corrected chi connectivity index (χ4v) is 2.18. The van der Waals surface area contributed by atoms with Crippen molar-refractivity contribution < 1.29 is 9.59 Å². The number of halogens is 1. The minimum absolute atomic E-state index is 0.0669. The lowest BCUT2D eigenvalue weighted by atomic mass is 10.2. The zero-order valence-electron chi connectivity index (χ0n) is 10.8. The van der Waals surface area contributed by atoms with E-state index >= 15 is 0 Å². The van der Waals surface area contributed by atoms with E-state index in [9.17, 15) is 9.59 Å². The van der Waals surface area contributed by atoms with Crippen molar-refractivity contribution in [2.75, 3.05) is 5.32 Å². The molecule has 6 nitrogen and oxygen atoms in total. The molecule has 0 spiro atoms. The molecule has 1 N–H and O–H groups in total. The average molecular weight is 327 g/mol. The summed E-state index contributed by atoms with van der Waals surface area (Å²) in [5.74, 6) is 0.159. The maximum absolute atomic E-state index is 12.2. The summed E-state index contributed by atoms with van der Waals surface area (Å²) < 4.78 is 0.619. The first-order valence-electron chi connectivity index (χ1n) is 6.13. The zero-order valence-corrected chi connectivity index (χ0v) is 12.3. The average Bonchev–Trinajstić information content (AvgIpc) is 2.66. The van der Waals surface area contributed by atoms with E-state index in [0.29, 0.717) is 10.4 Å². The predicted molar refractivity (Wildman–Crippen MR) is 73.4 cm³/mol. The Morgan fingerprint density at radius 2 is 2.21 bits per heavy atom. The maximum Gasteiger partial charge on any atom is 0.252 e. The van der Waals surface area contributed by atoms with Gasteiger partial charge in [0.05, 0.1) is 18.8 Å². The number of hydrogen-bond acceptors (Lipinski definition) is 5. The van der Waals surface area contributed by atoms with Crippen molar-refractivity contribution in [1.29, 1.82) is 0 Å². The van der Waals surface area contributed by atoms with E-state index in [4.69, 9.17) is 0 Å². The van der Waals surface area contributed by atoms with Gasteiger partial charge >= 0.3 is 0 Å². The summed E-state index contributed by atoms with van der Waals surface area (Å²) in [5.41, 5.74) is 0. The number of carbonyl (C=O) groups is 2. The van der Waals surface area contributed by atoms with E-state index in [1.54, 1.807) is 0 Å². The lowest BCUT2D eigenvalue weighted by Crippen LogP contribution is -2.40. The SMILES string of the molecule is CCC(C)N1C(=O)CC(Nc2cnc(Br)cn2)C1=O. The molecule has 19 heavy (non-hydrogen) atoms. The van der Waals surface area contributed by atoms with E-state index < -0.39 is 6.04 Å². The molecular weight excluding hydrogens is 312 g/mol. The molecule has 0 radical (unpaired) electrons. The van der Waals surface area contributed by atoms with Crippen LogP contribution in [0.1, 0.15) is 26.7 Å². The van der Waals surface area contributed by atoms with Gasteiger partial charge in [-0.3, -0.25) is 14.5 Å². The molecule has 0 bridgehead atoms. The highest BCUT2D eigenvalue weighted by molar-refractivity contribution is 9.10. The number of imide groups is 1. The molecule has 7 heteroatoms. The first-order valence-corrected chi connectivity index (χ1v) is 6.92. The number of anilines is 1. The third kappa shape index (κ3) is 2.91. The van der Waals surface area contributed by atoms with Crippen LogP contribution in [0.3, 0.4) is 0 Å². The number of likely N-dealkylation sites (tertiary alicyclic amines) is 1. The summed E-state index contributed by atoms with van der Waals surface area (Å²) in [6.07, 6.45) is 3.98. The van der Waals surface area contributed by atoms with Gasteiger partial charge in [0.15, 0.2) is 0 Å². The number of nitrogens with one attached hydrogen (secondary N) is 1. The summed E-state index contributed by atoms with van der Waals surface area (Å²) in [5, 5.41) is 2.95. The van der Waals surface area contributed by atoms with Gasteiger partial charge in [0, 0.05) is 6.04 Å². The number of carbonyl (C=O) groups excluding carboxylic acids is 2. The van der Waals surface area contributed by atoms with Crippen LogP contribution in [-0.4, -0.2) is 38.8 Å². The highest BCUT2D eigenvalue weighted by Crippen LogP contribution is 2.20. The van der Waals surface area contributed by atoms with Gasteiger partial charge in [0.1, 0.15) is 16.5 Å². The minimum Gasteiger partial charge on any atom is -0.357 e. The van der Waals surface area contributed by atoms with Crippen LogP contribution in [0.5, 0.6) is 0 Å². The molecule has 2 rings (SSSR count). The van der Waals surface area contributed by atoms with Gasteiger partial charge in [-0.1, -0.05) is 6.92 Å². The van der Waals surface area contributed by atoms with Crippen LogP contribution in [0.15, 0.2) is 17.0 Å². The molecule has 0 aromatic carbocycles. The van der Waals surface area contributed by atoms with Gasteiger partial charge in [-0.15, -0.1) is 0 Å². The van der Waals surface area contributed by atoms with Gasteiger partial charge in [-0.05, 0) is 29.3 Å². The zero-order chi connectivity index (χ0) is 14.0. The Bertz CT molecular complexity index is 491. The minimum atomic E-state index is -0.544. The highest BCUT2D eigenvalue weighted by Gasteiger charge is 2.40. The summed E-state index contributed by atoms with van der Waals surface area (Å²) >= 11 is 3.19. The third-order valence-corrected chi connectivity index (χ3v) is 3.57. The Kier molecular flexibility index (Phi) is 4.14. The number of amides is 2. The van der Waals surface area contributed by atoms with Gasteiger partial charge in [-0.25, -0.2) is 9.97 Å². The van der Waals surface area contributed by atoms with Crippen molar-refractivity contribution >= 4 is 33.6 Å². The predicted octanol–water partition coefficient (Wildman–Crippen LogP) is 1.58. The molecule has 2 unspecified atom stereocenters. The lowest BCUT2D eigenvalue weighted by molar-refractivity contribution is -0.140. The molecule has 1 aliphatic heterocycles. The van der Waals surface area contributed by atoms with Crippen LogP contribution in [0, 0.1) is 0 Å². The molecule has 0 aliphatic carbocycles. The van der Waals surface area contributed by atoms with Crippen molar-refractivity contribution in [3.8, 4) is 0 Å². The third-order valence-electron chi connectivity index (χ3n) is 3.16. The largest absolute Gasteiger partial charge is 0.357 e. The Labute approximate surface area is 119 Å². The summed E-state index contributed by atoms with van der Waals surface area (Å²) in [4.78, 5) is 33.5. The molecule has 2 amide bonds. The topological polar surface area (TPSA) is 75.2 Å². The van der Waals surface area contributed by atoms with Crippen LogP contribution in [-0.2, 0) is 9.59 Å². The fraction of sp³-hybridized carbons (Fsp3) is 0.500. The number of hydrogen-bond donors (Lipinski definition) is 1. The quantitative estimate of drug-likeness (QED) is 0.850. The van der Waals surface area contributed by atoms with E-state index in [1.165, 1.54) is 17.3 Å². The summed E-state index contributed by atoms with van der Waals surface area (Å²) in [7, 11) is 0. The van der Waals surface area contributed by atoms with Crippen molar-refractivity contribution in [3.05, 3.63) is 17.0 Å². The number of rotatable bonds is 4.